The smallest absolute Gasteiger partial charge is 0.0808 e. The van der Waals surface area contributed by atoms with Crippen molar-refractivity contribution in [1.29, 1.82) is 0 Å². The molecule has 3 atom stereocenters. The van der Waals surface area contributed by atoms with E-state index in [9.17, 15) is 0 Å². The Balaban J connectivity index is 1.85. The lowest BCUT2D eigenvalue weighted by Gasteiger charge is -2.28. The van der Waals surface area contributed by atoms with Crippen LogP contribution in [0.15, 0.2) is 30.3 Å². The largest absolute Gasteiger partial charge is 0.376 e. The highest BCUT2D eigenvalue weighted by Crippen LogP contribution is 2.21. The molecule has 106 valence electrons. The van der Waals surface area contributed by atoms with Gasteiger partial charge in [0.2, 0.25) is 0 Å². The number of hydrogen-bond acceptors (Lipinski definition) is 3. The molecule has 1 aromatic rings. The summed E-state index contributed by atoms with van der Waals surface area (Å²) < 4.78 is 11.7. The van der Waals surface area contributed by atoms with Crippen LogP contribution in [0.1, 0.15) is 44.2 Å². The van der Waals surface area contributed by atoms with Crippen molar-refractivity contribution in [2.45, 2.75) is 50.9 Å². The molecule has 0 aromatic heterocycles. The zero-order valence-electron chi connectivity index (χ0n) is 11.8. The fraction of sp³-hybridized carbons (Fsp3) is 0.625. The van der Waals surface area contributed by atoms with Crippen molar-refractivity contribution in [3.63, 3.8) is 0 Å². The van der Waals surface area contributed by atoms with Crippen LogP contribution in [0.5, 0.6) is 0 Å². The molecule has 1 saturated heterocycles. The van der Waals surface area contributed by atoms with Crippen LogP contribution in [0, 0.1) is 0 Å². The number of hydrogen-bond donors (Lipinski definition) is 1. The Morgan fingerprint density at radius 3 is 2.74 bits per heavy atom. The third kappa shape index (κ3) is 4.30. The Hall–Kier alpha value is -0.900. The van der Waals surface area contributed by atoms with Crippen molar-refractivity contribution in [3.05, 3.63) is 35.9 Å². The molecule has 0 amide bonds. The van der Waals surface area contributed by atoms with E-state index in [1.807, 2.05) is 18.2 Å². The summed E-state index contributed by atoms with van der Waals surface area (Å²) in [6.07, 6.45) is 4.77. The van der Waals surface area contributed by atoms with Gasteiger partial charge in [0.25, 0.3) is 0 Å². The second-order valence-electron chi connectivity index (χ2n) is 5.21. The Bertz CT molecular complexity index is 349. The maximum atomic E-state index is 6.30. The summed E-state index contributed by atoms with van der Waals surface area (Å²) in [7, 11) is 0. The predicted molar refractivity (Wildman–Crippen MR) is 77.0 cm³/mol. The van der Waals surface area contributed by atoms with Crippen LogP contribution in [-0.4, -0.2) is 25.4 Å². The zero-order chi connectivity index (χ0) is 13.5. The molecule has 0 bridgehead atoms. The fourth-order valence-corrected chi connectivity index (χ4v) is 2.54. The number of rotatable bonds is 6. The highest BCUT2D eigenvalue weighted by molar-refractivity contribution is 5.19. The lowest BCUT2D eigenvalue weighted by atomic mass is 10.0. The molecule has 0 radical (unpaired) electrons. The highest BCUT2D eigenvalue weighted by Gasteiger charge is 2.21. The van der Waals surface area contributed by atoms with Crippen molar-refractivity contribution in [2.24, 2.45) is 5.73 Å². The minimum absolute atomic E-state index is 0.0604. The van der Waals surface area contributed by atoms with Gasteiger partial charge in [-0.25, -0.2) is 0 Å². The minimum Gasteiger partial charge on any atom is -0.376 e. The van der Waals surface area contributed by atoms with Crippen LogP contribution in [-0.2, 0) is 9.47 Å². The monoisotopic (exact) mass is 263 g/mol. The average Bonchev–Trinajstić information content (AvgIpc) is 2.49. The number of ether oxygens (including phenoxy) is 2. The van der Waals surface area contributed by atoms with Gasteiger partial charge in [-0.05, 0) is 31.2 Å². The molecule has 0 aliphatic carbocycles. The molecule has 1 aromatic carbocycles. The normalized spacial score (nSPS) is 22.9. The Labute approximate surface area is 116 Å². The van der Waals surface area contributed by atoms with Crippen LogP contribution in [0.25, 0.3) is 0 Å². The third-order valence-corrected chi connectivity index (χ3v) is 3.76. The second kappa shape index (κ2) is 7.63. The summed E-state index contributed by atoms with van der Waals surface area (Å²) in [4.78, 5) is 0. The maximum absolute atomic E-state index is 6.30. The first-order valence-electron chi connectivity index (χ1n) is 7.35. The van der Waals surface area contributed by atoms with Gasteiger partial charge in [0.1, 0.15) is 0 Å². The molecule has 1 aliphatic rings. The topological polar surface area (TPSA) is 44.5 Å². The molecule has 1 aliphatic heterocycles. The quantitative estimate of drug-likeness (QED) is 0.858. The first kappa shape index (κ1) is 14.5. The van der Waals surface area contributed by atoms with Crippen molar-refractivity contribution in [3.8, 4) is 0 Å². The molecule has 1 fully saturated rings. The van der Waals surface area contributed by atoms with Crippen LogP contribution in [0.3, 0.4) is 0 Å². The standard InChI is InChI=1S/C16H25NO2/c1-2-15(16(17)13-8-4-3-5-9-13)19-12-14-10-6-7-11-18-14/h3-5,8-9,14-16H,2,6-7,10-12,17H2,1H3. The van der Waals surface area contributed by atoms with Gasteiger partial charge >= 0.3 is 0 Å². The summed E-state index contributed by atoms with van der Waals surface area (Å²) in [5, 5.41) is 0. The van der Waals surface area contributed by atoms with Crippen LogP contribution in [0.2, 0.25) is 0 Å². The van der Waals surface area contributed by atoms with E-state index < -0.39 is 0 Å². The summed E-state index contributed by atoms with van der Waals surface area (Å²) in [6.45, 7) is 3.66. The molecule has 2 rings (SSSR count). The van der Waals surface area contributed by atoms with Crippen molar-refractivity contribution >= 4 is 0 Å². The van der Waals surface area contributed by atoms with Crippen molar-refractivity contribution in [2.75, 3.05) is 13.2 Å². The molecular formula is C16H25NO2. The first-order chi connectivity index (χ1) is 9.31. The average molecular weight is 263 g/mol. The Kier molecular flexibility index (Phi) is 5.83. The van der Waals surface area contributed by atoms with E-state index in [0.29, 0.717) is 6.61 Å². The Morgan fingerprint density at radius 2 is 2.11 bits per heavy atom. The lowest BCUT2D eigenvalue weighted by molar-refractivity contribution is -0.0690. The van der Waals surface area contributed by atoms with E-state index in [2.05, 4.69) is 19.1 Å². The molecule has 3 heteroatoms. The summed E-state index contributed by atoms with van der Waals surface area (Å²) >= 11 is 0. The summed E-state index contributed by atoms with van der Waals surface area (Å²) in [6, 6.07) is 10.1. The van der Waals surface area contributed by atoms with Crippen LogP contribution in [0.4, 0.5) is 0 Å². The van der Waals surface area contributed by atoms with Gasteiger partial charge in [-0.15, -0.1) is 0 Å². The van der Waals surface area contributed by atoms with E-state index in [1.54, 1.807) is 0 Å². The molecule has 1 heterocycles. The van der Waals surface area contributed by atoms with Gasteiger partial charge in [0, 0.05) is 6.61 Å². The third-order valence-electron chi connectivity index (χ3n) is 3.76. The van der Waals surface area contributed by atoms with E-state index in [4.69, 9.17) is 15.2 Å². The molecule has 0 spiro atoms. The molecule has 3 nitrogen and oxygen atoms in total. The van der Waals surface area contributed by atoms with E-state index >= 15 is 0 Å². The number of nitrogens with two attached hydrogens (primary N) is 1. The maximum Gasteiger partial charge on any atom is 0.0808 e. The van der Waals surface area contributed by atoms with Gasteiger partial charge in [0.15, 0.2) is 0 Å². The van der Waals surface area contributed by atoms with E-state index in [-0.39, 0.29) is 18.2 Å². The molecular weight excluding hydrogens is 238 g/mol. The van der Waals surface area contributed by atoms with E-state index in [0.717, 1.165) is 25.0 Å². The second-order valence-corrected chi connectivity index (χ2v) is 5.21. The van der Waals surface area contributed by atoms with Crippen LogP contribution < -0.4 is 5.73 Å². The van der Waals surface area contributed by atoms with Crippen molar-refractivity contribution in [1.82, 2.24) is 0 Å². The minimum atomic E-state index is -0.0604. The lowest BCUT2D eigenvalue weighted by Crippen LogP contribution is -2.33. The molecule has 19 heavy (non-hydrogen) atoms. The molecule has 3 unspecified atom stereocenters. The molecule has 2 N–H and O–H groups in total. The summed E-state index contributed by atoms with van der Waals surface area (Å²) in [5.74, 6) is 0. The summed E-state index contributed by atoms with van der Waals surface area (Å²) in [5.41, 5.74) is 7.44. The van der Waals surface area contributed by atoms with Gasteiger partial charge in [0.05, 0.1) is 24.9 Å². The molecule has 0 saturated carbocycles. The van der Waals surface area contributed by atoms with Gasteiger partial charge in [-0.1, -0.05) is 37.3 Å². The van der Waals surface area contributed by atoms with E-state index in [1.165, 1.54) is 12.8 Å². The highest BCUT2D eigenvalue weighted by atomic mass is 16.5. The van der Waals surface area contributed by atoms with Crippen LogP contribution >= 0.6 is 0 Å². The van der Waals surface area contributed by atoms with Crippen molar-refractivity contribution < 1.29 is 9.47 Å². The predicted octanol–water partition coefficient (Wildman–Crippen LogP) is 3.05. The fourth-order valence-electron chi connectivity index (χ4n) is 2.54. The van der Waals surface area contributed by atoms with Gasteiger partial charge in [-0.3, -0.25) is 0 Å². The Morgan fingerprint density at radius 1 is 1.32 bits per heavy atom. The van der Waals surface area contributed by atoms with Gasteiger partial charge < -0.3 is 15.2 Å². The SMILES string of the molecule is CCC(OCC1CCCCO1)C(N)c1ccccc1. The number of benzene rings is 1. The zero-order valence-corrected chi connectivity index (χ0v) is 11.8. The van der Waals surface area contributed by atoms with Gasteiger partial charge in [-0.2, -0.15) is 0 Å². The first-order valence-corrected chi connectivity index (χ1v) is 7.35.